The Kier molecular flexibility index (Phi) is 5.43. The molecular weight excluding hydrogens is 236 g/mol. The summed E-state index contributed by atoms with van der Waals surface area (Å²) < 4.78 is 0. The summed E-state index contributed by atoms with van der Waals surface area (Å²) in [5.41, 5.74) is 0. The molecule has 0 spiro atoms. The zero-order valence-electron chi connectivity index (χ0n) is 12.2. The van der Waals surface area contributed by atoms with Gasteiger partial charge in [0.15, 0.2) is 0 Å². The average Bonchev–Trinajstić information content (AvgIpc) is 2.46. The quantitative estimate of drug-likeness (QED) is 0.852. The van der Waals surface area contributed by atoms with Crippen molar-refractivity contribution in [3.05, 3.63) is 12.4 Å². The molecule has 1 fully saturated rings. The lowest BCUT2D eigenvalue weighted by Crippen LogP contribution is -2.40. The Morgan fingerprint density at radius 1 is 1.26 bits per heavy atom. The van der Waals surface area contributed by atoms with Crippen molar-refractivity contribution in [3.63, 3.8) is 0 Å². The highest BCUT2D eigenvalue weighted by Crippen LogP contribution is 2.26. The van der Waals surface area contributed by atoms with Crippen molar-refractivity contribution < 1.29 is 0 Å². The molecule has 2 rings (SSSR count). The molecule has 1 aliphatic heterocycles. The van der Waals surface area contributed by atoms with Gasteiger partial charge in [-0.2, -0.15) is 0 Å². The molecule has 0 saturated carbocycles. The summed E-state index contributed by atoms with van der Waals surface area (Å²) in [5.74, 6) is 2.04. The molecule has 106 valence electrons. The Labute approximate surface area is 116 Å². The van der Waals surface area contributed by atoms with Crippen molar-refractivity contribution in [2.45, 2.75) is 58.4 Å². The minimum absolute atomic E-state index is 0.660. The van der Waals surface area contributed by atoms with Crippen LogP contribution in [0.25, 0.3) is 0 Å². The SMILES string of the molecule is CCCNc1cc(N2CCCCC2CCC)ncn1. The highest BCUT2D eigenvalue weighted by molar-refractivity contribution is 5.49. The maximum absolute atomic E-state index is 4.48. The average molecular weight is 262 g/mol. The summed E-state index contributed by atoms with van der Waals surface area (Å²) in [6, 6.07) is 2.76. The third-order valence-corrected chi connectivity index (χ3v) is 3.75. The van der Waals surface area contributed by atoms with Crippen LogP contribution in [0, 0.1) is 0 Å². The first-order valence-electron chi connectivity index (χ1n) is 7.67. The van der Waals surface area contributed by atoms with Crippen LogP contribution in [-0.4, -0.2) is 29.1 Å². The van der Waals surface area contributed by atoms with Crippen molar-refractivity contribution in [2.75, 3.05) is 23.3 Å². The van der Waals surface area contributed by atoms with E-state index in [2.05, 4.69) is 40.1 Å². The Hall–Kier alpha value is -1.32. The Balaban J connectivity index is 2.09. The Morgan fingerprint density at radius 2 is 2.16 bits per heavy atom. The molecule has 1 saturated heterocycles. The van der Waals surface area contributed by atoms with Crippen LogP contribution in [0.15, 0.2) is 12.4 Å². The molecule has 1 unspecified atom stereocenters. The van der Waals surface area contributed by atoms with Crippen LogP contribution in [0.5, 0.6) is 0 Å². The lowest BCUT2D eigenvalue weighted by atomic mass is 9.98. The van der Waals surface area contributed by atoms with E-state index in [0.717, 1.165) is 31.1 Å². The van der Waals surface area contributed by atoms with Gasteiger partial charge in [0.05, 0.1) is 0 Å². The van der Waals surface area contributed by atoms with E-state index in [1.165, 1.54) is 32.1 Å². The van der Waals surface area contributed by atoms with Gasteiger partial charge in [-0.1, -0.05) is 20.3 Å². The van der Waals surface area contributed by atoms with Gasteiger partial charge >= 0.3 is 0 Å². The lowest BCUT2D eigenvalue weighted by molar-refractivity contribution is 0.432. The Bertz CT molecular complexity index is 378. The van der Waals surface area contributed by atoms with Gasteiger partial charge in [0, 0.05) is 25.2 Å². The largest absolute Gasteiger partial charge is 0.370 e. The van der Waals surface area contributed by atoms with Crippen molar-refractivity contribution in [2.24, 2.45) is 0 Å². The smallest absolute Gasteiger partial charge is 0.134 e. The number of aromatic nitrogens is 2. The predicted molar refractivity (Wildman–Crippen MR) is 80.7 cm³/mol. The Morgan fingerprint density at radius 3 is 2.95 bits per heavy atom. The van der Waals surface area contributed by atoms with Crippen LogP contribution in [-0.2, 0) is 0 Å². The van der Waals surface area contributed by atoms with E-state index in [1.807, 2.05) is 0 Å². The van der Waals surface area contributed by atoms with Gasteiger partial charge in [-0.3, -0.25) is 0 Å². The number of nitrogens with one attached hydrogen (secondary N) is 1. The highest BCUT2D eigenvalue weighted by Gasteiger charge is 2.22. The monoisotopic (exact) mass is 262 g/mol. The normalized spacial score (nSPS) is 19.5. The van der Waals surface area contributed by atoms with Gasteiger partial charge in [-0.25, -0.2) is 9.97 Å². The van der Waals surface area contributed by atoms with Crippen molar-refractivity contribution in [1.29, 1.82) is 0 Å². The van der Waals surface area contributed by atoms with Crippen LogP contribution in [0.3, 0.4) is 0 Å². The second-order valence-corrected chi connectivity index (χ2v) is 5.32. The zero-order chi connectivity index (χ0) is 13.5. The van der Waals surface area contributed by atoms with Gasteiger partial charge in [0.25, 0.3) is 0 Å². The fraction of sp³-hybridized carbons (Fsp3) is 0.733. The fourth-order valence-corrected chi connectivity index (χ4v) is 2.79. The summed E-state index contributed by atoms with van der Waals surface area (Å²) in [7, 11) is 0. The molecule has 1 aromatic heterocycles. The van der Waals surface area contributed by atoms with E-state index >= 15 is 0 Å². The number of hydrogen-bond donors (Lipinski definition) is 1. The maximum atomic E-state index is 4.48. The third-order valence-electron chi connectivity index (χ3n) is 3.75. The fourth-order valence-electron chi connectivity index (χ4n) is 2.79. The summed E-state index contributed by atoms with van der Waals surface area (Å²) >= 11 is 0. The van der Waals surface area contributed by atoms with Crippen molar-refractivity contribution in [3.8, 4) is 0 Å². The third kappa shape index (κ3) is 3.82. The molecule has 4 heteroatoms. The minimum Gasteiger partial charge on any atom is -0.370 e. The first kappa shape index (κ1) is 14.1. The second-order valence-electron chi connectivity index (χ2n) is 5.32. The maximum Gasteiger partial charge on any atom is 0.134 e. The molecule has 4 nitrogen and oxygen atoms in total. The number of anilines is 2. The second kappa shape index (κ2) is 7.31. The molecule has 1 atom stereocenters. The van der Waals surface area contributed by atoms with Crippen molar-refractivity contribution >= 4 is 11.6 Å². The zero-order valence-corrected chi connectivity index (χ0v) is 12.2. The van der Waals surface area contributed by atoms with E-state index in [1.54, 1.807) is 6.33 Å². The molecule has 0 amide bonds. The van der Waals surface area contributed by atoms with Gasteiger partial charge < -0.3 is 10.2 Å². The van der Waals surface area contributed by atoms with E-state index < -0.39 is 0 Å². The molecule has 1 N–H and O–H groups in total. The van der Waals surface area contributed by atoms with E-state index in [0.29, 0.717) is 6.04 Å². The molecule has 0 radical (unpaired) electrons. The number of rotatable bonds is 6. The molecule has 0 aromatic carbocycles. The molecule has 1 aliphatic rings. The summed E-state index contributed by atoms with van der Waals surface area (Å²) in [6.45, 7) is 6.53. The number of nitrogens with zero attached hydrogens (tertiary/aromatic N) is 3. The van der Waals surface area contributed by atoms with Gasteiger partial charge in [-0.15, -0.1) is 0 Å². The number of piperidine rings is 1. The van der Waals surface area contributed by atoms with Gasteiger partial charge in [0.1, 0.15) is 18.0 Å². The molecule has 0 aliphatic carbocycles. The first-order chi connectivity index (χ1) is 9.35. The summed E-state index contributed by atoms with van der Waals surface area (Å²) in [6.07, 6.45) is 9.24. The van der Waals surface area contributed by atoms with Crippen LogP contribution < -0.4 is 10.2 Å². The number of hydrogen-bond acceptors (Lipinski definition) is 4. The molecular formula is C15H26N4. The van der Waals surface area contributed by atoms with E-state index in [-0.39, 0.29) is 0 Å². The van der Waals surface area contributed by atoms with Crippen LogP contribution in [0.2, 0.25) is 0 Å². The van der Waals surface area contributed by atoms with Crippen LogP contribution in [0.4, 0.5) is 11.6 Å². The highest BCUT2D eigenvalue weighted by atomic mass is 15.2. The summed E-state index contributed by atoms with van der Waals surface area (Å²) in [4.78, 5) is 11.3. The molecule has 19 heavy (non-hydrogen) atoms. The first-order valence-corrected chi connectivity index (χ1v) is 7.67. The van der Waals surface area contributed by atoms with Crippen LogP contribution in [0.1, 0.15) is 52.4 Å². The standard InChI is InChI=1S/C15H26N4/c1-3-7-13-8-5-6-10-19(13)15-11-14(16-9-4-2)17-12-18-15/h11-13H,3-10H2,1-2H3,(H,16,17,18). The molecule has 2 heterocycles. The minimum atomic E-state index is 0.660. The van der Waals surface area contributed by atoms with Gasteiger partial charge in [-0.05, 0) is 32.1 Å². The predicted octanol–water partition coefficient (Wildman–Crippen LogP) is 3.46. The van der Waals surface area contributed by atoms with E-state index in [9.17, 15) is 0 Å². The van der Waals surface area contributed by atoms with Gasteiger partial charge in [0.2, 0.25) is 0 Å². The summed E-state index contributed by atoms with van der Waals surface area (Å²) in [5, 5.41) is 3.34. The van der Waals surface area contributed by atoms with Crippen molar-refractivity contribution in [1.82, 2.24) is 9.97 Å². The van der Waals surface area contributed by atoms with E-state index in [4.69, 9.17) is 0 Å². The molecule has 0 bridgehead atoms. The molecule has 1 aromatic rings. The van der Waals surface area contributed by atoms with Crippen LogP contribution >= 0.6 is 0 Å². The topological polar surface area (TPSA) is 41.0 Å². The lowest BCUT2D eigenvalue weighted by Gasteiger charge is -2.36.